The van der Waals surface area contributed by atoms with Gasteiger partial charge in [0.25, 0.3) is 0 Å². The van der Waals surface area contributed by atoms with Crippen LogP contribution in [0.5, 0.6) is 11.5 Å². The minimum atomic E-state index is -1.84. The van der Waals surface area contributed by atoms with Crippen molar-refractivity contribution in [3.8, 4) is 11.5 Å². The van der Waals surface area contributed by atoms with Crippen molar-refractivity contribution in [1.29, 1.82) is 0 Å². The molecule has 106 valence electrons. The number of hydrogen-bond acceptors (Lipinski definition) is 3. The van der Waals surface area contributed by atoms with Crippen LogP contribution in [0.3, 0.4) is 0 Å². The Morgan fingerprint density at radius 3 is 1.40 bits per heavy atom. The molecule has 0 radical (unpaired) electrons. The molecule has 0 N–H and O–H groups in total. The molecular formula is C16H18O3S. The summed E-state index contributed by atoms with van der Waals surface area (Å²) >= 11 is -1.84. The van der Waals surface area contributed by atoms with Crippen LogP contribution in [0.4, 0.5) is 0 Å². The van der Waals surface area contributed by atoms with Crippen molar-refractivity contribution >= 4 is 11.4 Å². The van der Waals surface area contributed by atoms with Crippen LogP contribution < -0.4 is 8.37 Å². The fraction of sp³-hybridized carbons (Fsp3) is 0.250. The first-order valence-electron chi connectivity index (χ1n) is 6.67. The number of benzene rings is 2. The van der Waals surface area contributed by atoms with E-state index >= 15 is 0 Å². The minimum absolute atomic E-state index is 0.533. The molecule has 0 aliphatic carbocycles. The molecule has 0 bridgehead atoms. The highest BCUT2D eigenvalue weighted by molar-refractivity contribution is 7.75. The Kier molecular flexibility index (Phi) is 5.18. The summed E-state index contributed by atoms with van der Waals surface area (Å²) < 4.78 is 22.2. The van der Waals surface area contributed by atoms with Gasteiger partial charge in [0.2, 0.25) is 0 Å². The lowest BCUT2D eigenvalue weighted by atomic mass is 10.2. The minimum Gasteiger partial charge on any atom is -0.371 e. The third kappa shape index (κ3) is 4.10. The quantitative estimate of drug-likeness (QED) is 0.810. The van der Waals surface area contributed by atoms with E-state index in [4.69, 9.17) is 8.37 Å². The fourth-order valence-corrected chi connectivity index (χ4v) is 2.31. The molecule has 0 aliphatic rings. The van der Waals surface area contributed by atoms with Gasteiger partial charge in [0.1, 0.15) is 11.5 Å². The van der Waals surface area contributed by atoms with E-state index in [0.717, 1.165) is 12.8 Å². The van der Waals surface area contributed by atoms with E-state index in [0.29, 0.717) is 11.5 Å². The summed E-state index contributed by atoms with van der Waals surface area (Å²) in [6.07, 6.45) is 1.92. The molecule has 0 aromatic heterocycles. The lowest BCUT2D eigenvalue weighted by Crippen LogP contribution is -2.08. The van der Waals surface area contributed by atoms with Gasteiger partial charge in [-0.25, -0.2) is 0 Å². The van der Waals surface area contributed by atoms with Crippen LogP contribution in [-0.2, 0) is 24.2 Å². The van der Waals surface area contributed by atoms with Crippen molar-refractivity contribution < 1.29 is 12.6 Å². The summed E-state index contributed by atoms with van der Waals surface area (Å²) in [4.78, 5) is 0. The second kappa shape index (κ2) is 7.10. The first kappa shape index (κ1) is 14.6. The zero-order valence-electron chi connectivity index (χ0n) is 11.7. The molecule has 0 saturated heterocycles. The summed E-state index contributed by atoms with van der Waals surface area (Å²) in [7, 11) is 0. The summed E-state index contributed by atoms with van der Waals surface area (Å²) in [5, 5.41) is 0. The molecule has 4 heteroatoms. The maximum absolute atomic E-state index is 11.8. The van der Waals surface area contributed by atoms with Gasteiger partial charge in [-0.3, -0.25) is 0 Å². The lowest BCUT2D eigenvalue weighted by molar-refractivity contribution is 0.461. The fourth-order valence-electron chi connectivity index (χ4n) is 1.74. The summed E-state index contributed by atoms with van der Waals surface area (Å²) in [6, 6.07) is 15.0. The molecule has 0 fully saturated rings. The Morgan fingerprint density at radius 1 is 0.750 bits per heavy atom. The Hall–Kier alpha value is -1.81. The average Bonchev–Trinajstić information content (AvgIpc) is 2.49. The van der Waals surface area contributed by atoms with Gasteiger partial charge in [-0.05, 0) is 48.2 Å². The zero-order chi connectivity index (χ0) is 14.4. The van der Waals surface area contributed by atoms with Crippen LogP contribution in [0.2, 0.25) is 0 Å². The maximum Gasteiger partial charge on any atom is 0.417 e. The van der Waals surface area contributed by atoms with E-state index < -0.39 is 11.4 Å². The largest absolute Gasteiger partial charge is 0.417 e. The SMILES string of the molecule is CCc1ccc(OS(=O)Oc2ccc(CC)cc2)cc1. The van der Waals surface area contributed by atoms with Crippen LogP contribution in [0.15, 0.2) is 48.5 Å². The Morgan fingerprint density at radius 2 is 1.10 bits per heavy atom. The summed E-state index contributed by atoms with van der Waals surface area (Å²) in [6.45, 7) is 4.16. The van der Waals surface area contributed by atoms with Gasteiger partial charge < -0.3 is 8.37 Å². The van der Waals surface area contributed by atoms with Crippen LogP contribution >= 0.6 is 0 Å². The average molecular weight is 290 g/mol. The molecule has 0 atom stereocenters. The monoisotopic (exact) mass is 290 g/mol. The van der Waals surface area contributed by atoms with E-state index in [2.05, 4.69) is 13.8 Å². The predicted molar refractivity (Wildman–Crippen MR) is 81.0 cm³/mol. The van der Waals surface area contributed by atoms with Crippen LogP contribution in [0, 0.1) is 0 Å². The van der Waals surface area contributed by atoms with Gasteiger partial charge in [0.15, 0.2) is 0 Å². The molecule has 0 unspecified atom stereocenters. The third-order valence-corrected chi connectivity index (χ3v) is 3.65. The topological polar surface area (TPSA) is 35.5 Å². The Balaban J connectivity index is 1.93. The molecule has 20 heavy (non-hydrogen) atoms. The van der Waals surface area contributed by atoms with E-state index in [9.17, 15) is 4.21 Å². The molecule has 0 heterocycles. The molecule has 3 nitrogen and oxygen atoms in total. The van der Waals surface area contributed by atoms with Gasteiger partial charge in [-0.2, -0.15) is 4.21 Å². The van der Waals surface area contributed by atoms with Crippen LogP contribution in [0.25, 0.3) is 0 Å². The highest BCUT2D eigenvalue weighted by Crippen LogP contribution is 2.17. The van der Waals surface area contributed by atoms with E-state index in [1.54, 1.807) is 24.3 Å². The highest BCUT2D eigenvalue weighted by Gasteiger charge is 2.06. The molecule has 0 spiro atoms. The van der Waals surface area contributed by atoms with Gasteiger partial charge in [-0.15, -0.1) is 0 Å². The highest BCUT2D eigenvalue weighted by atomic mass is 32.2. The first-order chi connectivity index (χ1) is 9.71. The van der Waals surface area contributed by atoms with E-state index in [-0.39, 0.29) is 0 Å². The van der Waals surface area contributed by atoms with Gasteiger partial charge in [0.05, 0.1) is 0 Å². The first-order valence-corrected chi connectivity index (χ1v) is 7.67. The maximum atomic E-state index is 11.8. The summed E-state index contributed by atoms with van der Waals surface area (Å²) in [5.74, 6) is 1.07. The van der Waals surface area contributed by atoms with Gasteiger partial charge in [-0.1, -0.05) is 38.1 Å². The number of hydrogen-bond donors (Lipinski definition) is 0. The molecule has 2 aromatic rings. The van der Waals surface area contributed by atoms with Gasteiger partial charge >= 0.3 is 11.4 Å². The third-order valence-electron chi connectivity index (χ3n) is 2.99. The molecule has 0 aliphatic heterocycles. The normalized spacial score (nSPS) is 10.6. The van der Waals surface area contributed by atoms with Crippen molar-refractivity contribution in [2.24, 2.45) is 0 Å². The molecule has 0 saturated carbocycles. The number of aryl methyl sites for hydroxylation is 2. The van der Waals surface area contributed by atoms with Gasteiger partial charge in [0, 0.05) is 0 Å². The van der Waals surface area contributed by atoms with Crippen molar-refractivity contribution in [3.63, 3.8) is 0 Å². The second-order valence-corrected chi connectivity index (χ2v) is 5.11. The predicted octanol–water partition coefficient (Wildman–Crippen LogP) is 3.85. The lowest BCUT2D eigenvalue weighted by Gasteiger charge is -2.06. The Labute approximate surface area is 122 Å². The molecule has 2 aromatic carbocycles. The zero-order valence-corrected chi connectivity index (χ0v) is 12.5. The molecule has 0 amide bonds. The smallest absolute Gasteiger partial charge is 0.371 e. The van der Waals surface area contributed by atoms with E-state index in [1.165, 1.54) is 11.1 Å². The van der Waals surface area contributed by atoms with Crippen molar-refractivity contribution in [1.82, 2.24) is 0 Å². The van der Waals surface area contributed by atoms with Crippen molar-refractivity contribution in [2.45, 2.75) is 26.7 Å². The van der Waals surface area contributed by atoms with Crippen LogP contribution in [-0.4, -0.2) is 4.21 Å². The van der Waals surface area contributed by atoms with Crippen LogP contribution in [0.1, 0.15) is 25.0 Å². The van der Waals surface area contributed by atoms with E-state index in [1.807, 2.05) is 24.3 Å². The van der Waals surface area contributed by atoms with Crippen molar-refractivity contribution in [2.75, 3.05) is 0 Å². The molecule has 2 rings (SSSR count). The standard InChI is InChI=1S/C16H18O3S/c1-3-13-5-9-15(10-6-13)18-20(17)19-16-11-7-14(4-2)8-12-16/h5-12H,3-4H2,1-2H3. The second-order valence-electron chi connectivity index (χ2n) is 4.37. The molecular weight excluding hydrogens is 272 g/mol. The van der Waals surface area contributed by atoms with Crippen molar-refractivity contribution in [3.05, 3.63) is 59.7 Å². The number of rotatable bonds is 6. The Bertz CT molecular complexity index is 510. The summed E-state index contributed by atoms with van der Waals surface area (Å²) in [5.41, 5.74) is 2.42.